The third kappa shape index (κ3) is 3.29. The molecule has 1 aromatic heterocycles. The molecule has 1 saturated carbocycles. The van der Waals surface area contributed by atoms with Crippen LogP contribution in [0.3, 0.4) is 0 Å². The van der Waals surface area contributed by atoms with Crippen molar-refractivity contribution in [3.63, 3.8) is 0 Å². The van der Waals surface area contributed by atoms with Gasteiger partial charge in [-0.15, -0.1) is 6.58 Å². The van der Waals surface area contributed by atoms with Gasteiger partial charge in [0, 0.05) is 18.8 Å². The molecule has 96 valence electrons. The summed E-state index contributed by atoms with van der Waals surface area (Å²) in [6, 6.07) is 2.05. The Bertz CT molecular complexity index is 427. The van der Waals surface area contributed by atoms with Gasteiger partial charge in [-0.2, -0.15) is 0 Å². The number of rotatable bonds is 5. The van der Waals surface area contributed by atoms with Crippen LogP contribution >= 0.6 is 0 Å². The van der Waals surface area contributed by atoms with Crippen molar-refractivity contribution in [2.45, 2.75) is 31.7 Å². The Hall–Kier alpha value is -1.91. The number of amides is 1. The smallest absolute Gasteiger partial charge is 0.270 e. The van der Waals surface area contributed by atoms with Crippen LogP contribution in [0.2, 0.25) is 0 Å². The average Bonchev–Trinajstić information content (AvgIpc) is 2.89. The highest BCUT2D eigenvalue weighted by molar-refractivity contribution is 5.92. The third-order valence-electron chi connectivity index (χ3n) is 2.98. The van der Waals surface area contributed by atoms with Crippen LogP contribution < -0.4 is 10.6 Å². The van der Waals surface area contributed by atoms with Gasteiger partial charge < -0.3 is 10.6 Å². The summed E-state index contributed by atoms with van der Waals surface area (Å²) in [6.07, 6.45) is 8.03. The van der Waals surface area contributed by atoms with Gasteiger partial charge in [-0.25, -0.2) is 9.97 Å². The molecule has 5 nitrogen and oxygen atoms in total. The molecule has 0 atom stereocenters. The molecule has 1 aliphatic rings. The summed E-state index contributed by atoms with van der Waals surface area (Å²) >= 11 is 0. The first-order valence-corrected chi connectivity index (χ1v) is 6.28. The van der Waals surface area contributed by atoms with Crippen LogP contribution in [-0.2, 0) is 0 Å². The van der Waals surface area contributed by atoms with Crippen LogP contribution in [0.15, 0.2) is 24.9 Å². The van der Waals surface area contributed by atoms with Crippen molar-refractivity contribution in [3.8, 4) is 0 Å². The van der Waals surface area contributed by atoms with Crippen molar-refractivity contribution in [2.75, 3.05) is 11.9 Å². The molecule has 0 saturated heterocycles. The van der Waals surface area contributed by atoms with Gasteiger partial charge in [0.1, 0.15) is 5.69 Å². The quantitative estimate of drug-likeness (QED) is 0.777. The monoisotopic (exact) mass is 246 g/mol. The standard InChI is InChI=1S/C13H18N4O/c1-2-8-14-12(18)11-7-9-15-13(17-11)16-10-5-3-4-6-10/h2,7,9-10H,1,3-6,8H2,(H,14,18)(H,15,16,17). The molecule has 0 bridgehead atoms. The Morgan fingerprint density at radius 3 is 3.00 bits per heavy atom. The van der Waals surface area contributed by atoms with Crippen LogP contribution in [0, 0.1) is 0 Å². The SMILES string of the molecule is C=CCNC(=O)c1ccnc(NC2CCCC2)n1. The van der Waals surface area contributed by atoms with E-state index >= 15 is 0 Å². The van der Waals surface area contributed by atoms with Crippen molar-refractivity contribution < 1.29 is 4.79 Å². The van der Waals surface area contributed by atoms with E-state index in [-0.39, 0.29) is 5.91 Å². The minimum Gasteiger partial charge on any atom is -0.351 e. The van der Waals surface area contributed by atoms with Crippen molar-refractivity contribution in [1.29, 1.82) is 0 Å². The Morgan fingerprint density at radius 2 is 2.28 bits per heavy atom. The second kappa shape index (κ2) is 6.14. The predicted molar refractivity (Wildman–Crippen MR) is 70.4 cm³/mol. The van der Waals surface area contributed by atoms with E-state index in [0.717, 1.165) is 12.8 Å². The number of nitrogens with one attached hydrogen (secondary N) is 2. The van der Waals surface area contributed by atoms with E-state index in [9.17, 15) is 4.79 Å². The summed E-state index contributed by atoms with van der Waals surface area (Å²) in [4.78, 5) is 20.1. The molecular weight excluding hydrogens is 228 g/mol. The fourth-order valence-electron chi connectivity index (χ4n) is 2.06. The molecule has 1 heterocycles. The molecule has 1 aromatic rings. The number of hydrogen-bond donors (Lipinski definition) is 2. The van der Waals surface area contributed by atoms with Crippen molar-refractivity contribution >= 4 is 11.9 Å². The highest BCUT2D eigenvalue weighted by atomic mass is 16.1. The van der Waals surface area contributed by atoms with Gasteiger partial charge in [0.2, 0.25) is 5.95 Å². The van der Waals surface area contributed by atoms with Crippen LogP contribution in [0.4, 0.5) is 5.95 Å². The fourth-order valence-corrected chi connectivity index (χ4v) is 2.06. The number of hydrogen-bond acceptors (Lipinski definition) is 4. The zero-order valence-electron chi connectivity index (χ0n) is 10.4. The summed E-state index contributed by atoms with van der Waals surface area (Å²) < 4.78 is 0. The van der Waals surface area contributed by atoms with Crippen LogP contribution in [-0.4, -0.2) is 28.5 Å². The van der Waals surface area contributed by atoms with Gasteiger partial charge in [0.05, 0.1) is 0 Å². The molecule has 0 unspecified atom stereocenters. The fraction of sp³-hybridized carbons (Fsp3) is 0.462. The molecule has 5 heteroatoms. The molecule has 18 heavy (non-hydrogen) atoms. The molecule has 1 amide bonds. The van der Waals surface area contributed by atoms with Crippen LogP contribution in [0.25, 0.3) is 0 Å². The third-order valence-corrected chi connectivity index (χ3v) is 2.98. The number of anilines is 1. The van der Waals surface area contributed by atoms with E-state index < -0.39 is 0 Å². The normalized spacial score (nSPS) is 15.3. The van der Waals surface area contributed by atoms with Crippen LogP contribution in [0.5, 0.6) is 0 Å². The molecule has 0 aromatic carbocycles. The highest BCUT2D eigenvalue weighted by Crippen LogP contribution is 2.20. The Balaban J connectivity index is 1.99. The first-order chi connectivity index (χ1) is 8.79. The molecule has 1 fully saturated rings. The van der Waals surface area contributed by atoms with E-state index in [1.54, 1.807) is 18.3 Å². The molecular formula is C13H18N4O. The van der Waals surface area contributed by atoms with E-state index in [0.29, 0.717) is 24.2 Å². The van der Waals surface area contributed by atoms with Gasteiger partial charge >= 0.3 is 0 Å². The summed E-state index contributed by atoms with van der Waals surface area (Å²) in [6.45, 7) is 3.99. The lowest BCUT2D eigenvalue weighted by atomic mass is 10.2. The molecule has 0 spiro atoms. The molecule has 2 rings (SSSR count). The van der Waals surface area contributed by atoms with Gasteiger partial charge in [-0.1, -0.05) is 18.9 Å². The lowest BCUT2D eigenvalue weighted by Crippen LogP contribution is -2.25. The lowest BCUT2D eigenvalue weighted by Gasteiger charge is -2.11. The second-order valence-electron chi connectivity index (χ2n) is 4.39. The van der Waals surface area contributed by atoms with Crippen molar-refractivity contribution in [2.24, 2.45) is 0 Å². The number of aromatic nitrogens is 2. The first kappa shape index (κ1) is 12.5. The minimum atomic E-state index is -0.202. The topological polar surface area (TPSA) is 66.9 Å². The van der Waals surface area contributed by atoms with Gasteiger partial charge in [-0.3, -0.25) is 4.79 Å². The van der Waals surface area contributed by atoms with E-state index in [4.69, 9.17) is 0 Å². The second-order valence-corrected chi connectivity index (χ2v) is 4.39. The molecule has 2 N–H and O–H groups in total. The highest BCUT2D eigenvalue weighted by Gasteiger charge is 2.16. The predicted octanol–water partition coefficient (Wildman–Crippen LogP) is 1.75. The summed E-state index contributed by atoms with van der Waals surface area (Å²) in [5.74, 6) is 0.333. The number of carbonyl (C=O) groups excluding carboxylic acids is 1. The maximum absolute atomic E-state index is 11.7. The van der Waals surface area contributed by atoms with E-state index in [1.807, 2.05) is 0 Å². The minimum absolute atomic E-state index is 0.202. The Morgan fingerprint density at radius 1 is 1.50 bits per heavy atom. The van der Waals surface area contributed by atoms with E-state index in [2.05, 4.69) is 27.2 Å². The molecule has 1 aliphatic carbocycles. The number of carbonyl (C=O) groups is 1. The summed E-state index contributed by atoms with van der Waals surface area (Å²) in [5.41, 5.74) is 0.382. The average molecular weight is 246 g/mol. The van der Waals surface area contributed by atoms with Gasteiger partial charge in [-0.05, 0) is 18.9 Å². The van der Waals surface area contributed by atoms with E-state index in [1.165, 1.54) is 12.8 Å². The van der Waals surface area contributed by atoms with Crippen molar-refractivity contribution in [3.05, 3.63) is 30.6 Å². The van der Waals surface area contributed by atoms with Crippen LogP contribution in [0.1, 0.15) is 36.2 Å². The lowest BCUT2D eigenvalue weighted by molar-refractivity contribution is 0.0953. The molecule has 0 radical (unpaired) electrons. The van der Waals surface area contributed by atoms with Gasteiger partial charge in [0.25, 0.3) is 5.91 Å². The molecule has 0 aliphatic heterocycles. The van der Waals surface area contributed by atoms with Gasteiger partial charge in [0.15, 0.2) is 0 Å². The largest absolute Gasteiger partial charge is 0.351 e. The zero-order chi connectivity index (χ0) is 12.8. The summed E-state index contributed by atoms with van der Waals surface area (Å²) in [7, 11) is 0. The zero-order valence-corrected chi connectivity index (χ0v) is 10.4. The summed E-state index contributed by atoms with van der Waals surface area (Å²) in [5, 5.41) is 5.96. The Kier molecular flexibility index (Phi) is 4.28. The van der Waals surface area contributed by atoms with Crippen molar-refractivity contribution in [1.82, 2.24) is 15.3 Å². The maximum Gasteiger partial charge on any atom is 0.270 e. The Labute approximate surface area is 107 Å². The number of nitrogens with zero attached hydrogens (tertiary/aromatic N) is 2. The first-order valence-electron chi connectivity index (χ1n) is 6.28. The maximum atomic E-state index is 11.7.